The first-order valence-electron chi connectivity index (χ1n) is 7.35. The molecule has 4 nitrogen and oxygen atoms in total. The molecule has 0 fully saturated rings. The van der Waals surface area contributed by atoms with Crippen molar-refractivity contribution in [1.29, 1.82) is 0 Å². The number of hydrogen-bond acceptors (Lipinski definition) is 2. The van der Waals surface area contributed by atoms with Crippen molar-refractivity contribution in [2.24, 2.45) is 5.92 Å². The van der Waals surface area contributed by atoms with Crippen LogP contribution in [0.2, 0.25) is 0 Å². The third-order valence-electron chi connectivity index (χ3n) is 2.94. The highest BCUT2D eigenvalue weighted by Gasteiger charge is 2.00. The molecule has 4 heteroatoms. The number of ether oxygens (including phenoxy) is 1. The standard InChI is InChI=1S/C16H26N2O2/c1-4-5-14-6-8-15(9-7-14)20-12-18-16(19)17-11-10-13(2)3/h6-9,13H,4-5,10-12H2,1-3H3,(H2,17,18,19). The van der Waals surface area contributed by atoms with Crippen LogP contribution in [-0.4, -0.2) is 19.3 Å². The Labute approximate surface area is 121 Å². The Kier molecular flexibility index (Phi) is 7.55. The number of hydrogen-bond donors (Lipinski definition) is 2. The lowest BCUT2D eigenvalue weighted by atomic mass is 10.1. The van der Waals surface area contributed by atoms with E-state index in [1.807, 2.05) is 12.1 Å². The van der Waals surface area contributed by atoms with E-state index in [2.05, 4.69) is 43.5 Å². The average Bonchev–Trinajstić information content (AvgIpc) is 2.40. The molecule has 0 aliphatic rings. The zero-order valence-electron chi connectivity index (χ0n) is 12.7. The summed E-state index contributed by atoms with van der Waals surface area (Å²) in [5.74, 6) is 1.36. The number of rotatable bonds is 8. The number of aryl methyl sites for hydroxylation is 1. The lowest BCUT2D eigenvalue weighted by Gasteiger charge is -2.10. The Hall–Kier alpha value is -1.71. The van der Waals surface area contributed by atoms with Gasteiger partial charge in [0.2, 0.25) is 0 Å². The van der Waals surface area contributed by atoms with Gasteiger partial charge in [-0.3, -0.25) is 0 Å². The van der Waals surface area contributed by atoms with Crippen molar-refractivity contribution in [3.63, 3.8) is 0 Å². The van der Waals surface area contributed by atoms with E-state index < -0.39 is 0 Å². The average molecular weight is 278 g/mol. The maximum absolute atomic E-state index is 11.5. The molecule has 0 unspecified atom stereocenters. The van der Waals surface area contributed by atoms with Gasteiger partial charge in [0.1, 0.15) is 5.75 Å². The molecule has 0 atom stereocenters. The minimum absolute atomic E-state index is 0.181. The van der Waals surface area contributed by atoms with Crippen LogP contribution < -0.4 is 15.4 Å². The Bertz CT molecular complexity index is 388. The Morgan fingerprint density at radius 1 is 1.20 bits per heavy atom. The van der Waals surface area contributed by atoms with Crippen molar-refractivity contribution in [3.05, 3.63) is 29.8 Å². The summed E-state index contributed by atoms with van der Waals surface area (Å²) in [7, 11) is 0. The highest BCUT2D eigenvalue weighted by atomic mass is 16.5. The van der Waals surface area contributed by atoms with Crippen LogP contribution in [0.1, 0.15) is 39.2 Å². The summed E-state index contributed by atoms with van der Waals surface area (Å²) >= 11 is 0. The van der Waals surface area contributed by atoms with Crippen LogP contribution in [0, 0.1) is 5.92 Å². The molecule has 0 spiro atoms. The quantitative estimate of drug-likeness (QED) is 0.717. The third-order valence-corrected chi connectivity index (χ3v) is 2.94. The Morgan fingerprint density at radius 3 is 2.50 bits per heavy atom. The van der Waals surface area contributed by atoms with Gasteiger partial charge in [-0.25, -0.2) is 4.79 Å². The Morgan fingerprint density at radius 2 is 1.90 bits per heavy atom. The molecule has 0 radical (unpaired) electrons. The third kappa shape index (κ3) is 7.02. The van der Waals surface area contributed by atoms with Gasteiger partial charge in [-0.2, -0.15) is 0 Å². The van der Waals surface area contributed by atoms with Crippen LogP contribution >= 0.6 is 0 Å². The second-order valence-electron chi connectivity index (χ2n) is 5.30. The van der Waals surface area contributed by atoms with Gasteiger partial charge in [0.15, 0.2) is 6.73 Å². The fraction of sp³-hybridized carbons (Fsp3) is 0.562. The first kappa shape index (κ1) is 16.3. The van der Waals surface area contributed by atoms with E-state index in [1.54, 1.807) is 0 Å². The number of carbonyl (C=O) groups excluding carboxylic acids is 1. The first-order chi connectivity index (χ1) is 9.61. The van der Waals surface area contributed by atoms with E-state index in [1.165, 1.54) is 5.56 Å². The number of nitrogens with one attached hydrogen (secondary N) is 2. The van der Waals surface area contributed by atoms with Crippen molar-refractivity contribution in [2.75, 3.05) is 13.3 Å². The molecule has 2 amide bonds. The molecule has 112 valence electrons. The normalized spacial score (nSPS) is 10.4. The fourth-order valence-electron chi connectivity index (χ4n) is 1.76. The predicted molar refractivity (Wildman–Crippen MR) is 81.9 cm³/mol. The topological polar surface area (TPSA) is 50.4 Å². The van der Waals surface area contributed by atoms with Crippen molar-refractivity contribution in [1.82, 2.24) is 10.6 Å². The molecule has 2 N–H and O–H groups in total. The van der Waals surface area contributed by atoms with E-state index in [9.17, 15) is 4.79 Å². The fourth-order valence-corrected chi connectivity index (χ4v) is 1.76. The highest BCUT2D eigenvalue weighted by Crippen LogP contribution is 2.12. The molecule has 0 bridgehead atoms. The smallest absolute Gasteiger partial charge is 0.317 e. The molecule has 0 saturated heterocycles. The zero-order valence-corrected chi connectivity index (χ0v) is 12.7. The number of urea groups is 1. The van der Waals surface area contributed by atoms with Crippen LogP contribution in [0.5, 0.6) is 5.75 Å². The van der Waals surface area contributed by atoms with Gasteiger partial charge in [-0.05, 0) is 36.5 Å². The van der Waals surface area contributed by atoms with Crippen molar-refractivity contribution >= 4 is 6.03 Å². The first-order valence-corrected chi connectivity index (χ1v) is 7.35. The minimum Gasteiger partial charge on any atom is -0.473 e. The van der Waals surface area contributed by atoms with Crippen LogP contribution in [0.4, 0.5) is 4.79 Å². The number of amides is 2. The van der Waals surface area contributed by atoms with Crippen LogP contribution in [0.15, 0.2) is 24.3 Å². The summed E-state index contributed by atoms with van der Waals surface area (Å²) in [5, 5.41) is 5.47. The van der Waals surface area contributed by atoms with E-state index in [4.69, 9.17) is 4.74 Å². The molecule has 1 aromatic carbocycles. The number of benzene rings is 1. The molecule has 0 aromatic heterocycles. The lowest BCUT2D eigenvalue weighted by molar-refractivity contribution is 0.223. The monoisotopic (exact) mass is 278 g/mol. The molecule has 1 rings (SSSR count). The van der Waals surface area contributed by atoms with Crippen molar-refractivity contribution in [2.45, 2.75) is 40.0 Å². The van der Waals surface area contributed by atoms with Gasteiger partial charge >= 0.3 is 6.03 Å². The van der Waals surface area contributed by atoms with Gasteiger partial charge in [0.25, 0.3) is 0 Å². The molecule has 1 aromatic rings. The maximum Gasteiger partial charge on any atom is 0.317 e. The zero-order chi connectivity index (χ0) is 14.8. The van der Waals surface area contributed by atoms with Crippen LogP contribution in [0.25, 0.3) is 0 Å². The van der Waals surface area contributed by atoms with E-state index in [-0.39, 0.29) is 12.8 Å². The highest BCUT2D eigenvalue weighted by molar-refractivity contribution is 5.73. The van der Waals surface area contributed by atoms with Gasteiger partial charge in [-0.15, -0.1) is 0 Å². The van der Waals surface area contributed by atoms with E-state index in [0.29, 0.717) is 12.5 Å². The van der Waals surface area contributed by atoms with Crippen LogP contribution in [0.3, 0.4) is 0 Å². The summed E-state index contributed by atoms with van der Waals surface area (Å²) < 4.78 is 5.47. The summed E-state index contributed by atoms with van der Waals surface area (Å²) in [6, 6.07) is 7.80. The maximum atomic E-state index is 11.5. The van der Waals surface area contributed by atoms with Crippen molar-refractivity contribution < 1.29 is 9.53 Å². The molecule has 20 heavy (non-hydrogen) atoms. The van der Waals surface area contributed by atoms with Gasteiger partial charge in [0, 0.05) is 6.54 Å². The largest absolute Gasteiger partial charge is 0.473 e. The Balaban J connectivity index is 2.18. The summed E-state index contributed by atoms with van der Waals surface area (Å²) in [5.41, 5.74) is 1.30. The molecular formula is C16H26N2O2. The summed E-state index contributed by atoms with van der Waals surface area (Å²) in [6.45, 7) is 7.29. The van der Waals surface area contributed by atoms with Gasteiger partial charge < -0.3 is 15.4 Å². The van der Waals surface area contributed by atoms with Gasteiger partial charge in [-0.1, -0.05) is 39.3 Å². The lowest BCUT2D eigenvalue weighted by Crippen LogP contribution is -2.38. The van der Waals surface area contributed by atoms with E-state index >= 15 is 0 Å². The van der Waals surface area contributed by atoms with Crippen molar-refractivity contribution in [3.8, 4) is 5.75 Å². The molecule has 0 saturated carbocycles. The van der Waals surface area contributed by atoms with E-state index in [0.717, 1.165) is 25.0 Å². The summed E-state index contributed by atoms with van der Waals surface area (Å²) in [6.07, 6.45) is 3.20. The number of carbonyl (C=O) groups is 1. The summed E-state index contributed by atoms with van der Waals surface area (Å²) in [4.78, 5) is 11.5. The van der Waals surface area contributed by atoms with Crippen LogP contribution in [-0.2, 0) is 6.42 Å². The van der Waals surface area contributed by atoms with Gasteiger partial charge in [0.05, 0.1) is 0 Å². The SMILES string of the molecule is CCCc1ccc(OCNC(=O)NCCC(C)C)cc1. The molecule has 0 aliphatic carbocycles. The second kappa shape index (κ2) is 9.23. The molecule has 0 heterocycles. The second-order valence-corrected chi connectivity index (χ2v) is 5.30. The minimum atomic E-state index is -0.187. The molecule has 0 aliphatic heterocycles. The molecular weight excluding hydrogens is 252 g/mol. The predicted octanol–water partition coefficient (Wildman–Crippen LogP) is 3.32.